The Bertz CT molecular complexity index is 1520. The van der Waals surface area contributed by atoms with Gasteiger partial charge in [-0.2, -0.15) is 5.21 Å². The number of aryl methyl sites for hydroxylation is 1. The molecule has 35 heavy (non-hydrogen) atoms. The summed E-state index contributed by atoms with van der Waals surface area (Å²) in [5, 5.41) is 24.8. The highest BCUT2D eigenvalue weighted by Crippen LogP contribution is 2.49. The van der Waals surface area contributed by atoms with Crippen LogP contribution in [-0.4, -0.2) is 41.3 Å². The minimum Gasteiger partial charge on any atom is -0.477 e. The molecule has 3 aliphatic rings. The maximum absolute atomic E-state index is 12.4. The second-order valence-electron chi connectivity index (χ2n) is 8.61. The molecule has 9 nitrogen and oxygen atoms in total. The second-order valence-corrected chi connectivity index (χ2v) is 9.41. The molecule has 0 radical (unpaired) electrons. The molecule has 1 saturated carbocycles. The molecule has 0 unspecified atom stereocenters. The van der Waals surface area contributed by atoms with Crippen molar-refractivity contribution in [3.63, 3.8) is 0 Å². The number of nitrogens with zero attached hydrogens (tertiary/aromatic N) is 5. The number of nitrogens with one attached hydrogen (secondary N) is 1. The number of carboxylic acid groups (broad SMARTS) is 1. The van der Waals surface area contributed by atoms with Crippen LogP contribution in [0, 0.1) is 0 Å². The maximum atomic E-state index is 12.4. The summed E-state index contributed by atoms with van der Waals surface area (Å²) in [5.74, 6) is 0.533. The van der Waals surface area contributed by atoms with Crippen molar-refractivity contribution in [2.24, 2.45) is 0 Å². The summed E-state index contributed by atoms with van der Waals surface area (Å²) in [6.45, 7) is 2.36. The zero-order valence-electron chi connectivity index (χ0n) is 18.8. The van der Waals surface area contributed by atoms with Crippen molar-refractivity contribution >= 4 is 21.9 Å². The highest BCUT2D eigenvalue weighted by molar-refractivity contribution is 9.10. The van der Waals surface area contributed by atoms with E-state index in [0.29, 0.717) is 24.5 Å². The summed E-state index contributed by atoms with van der Waals surface area (Å²) in [7, 11) is 0. The molecule has 176 valence electrons. The van der Waals surface area contributed by atoms with Crippen LogP contribution in [-0.2, 0) is 13.0 Å². The molecule has 2 aromatic heterocycles. The summed E-state index contributed by atoms with van der Waals surface area (Å²) < 4.78 is 8.22. The molecule has 0 bridgehead atoms. The number of tetrazole rings is 1. The summed E-state index contributed by atoms with van der Waals surface area (Å²) in [4.78, 5) is 17.2. The van der Waals surface area contributed by atoms with Gasteiger partial charge in [0, 0.05) is 33.5 Å². The van der Waals surface area contributed by atoms with Crippen molar-refractivity contribution in [2.45, 2.75) is 38.6 Å². The number of aromatic amines is 1. The van der Waals surface area contributed by atoms with Crippen molar-refractivity contribution in [2.75, 3.05) is 0 Å². The summed E-state index contributed by atoms with van der Waals surface area (Å²) in [5.41, 5.74) is 6.48. The third kappa shape index (κ3) is 3.56. The molecular weight excluding hydrogens is 512 g/mol. The lowest BCUT2D eigenvalue weighted by Crippen LogP contribution is -2.14. The molecule has 0 saturated heterocycles. The van der Waals surface area contributed by atoms with Crippen LogP contribution in [0.25, 0.3) is 33.6 Å². The predicted molar refractivity (Wildman–Crippen MR) is 131 cm³/mol. The average Bonchev–Trinajstić information content (AvgIpc) is 3.33. The van der Waals surface area contributed by atoms with E-state index in [2.05, 4.69) is 36.6 Å². The van der Waals surface area contributed by atoms with Crippen LogP contribution in [0.4, 0.5) is 0 Å². The Morgan fingerprint density at radius 1 is 1.20 bits per heavy atom. The van der Waals surface area contributed by atoms with Crippen LogP contribution in [0.15, 0.2) is 51.7 Å². The van der Waals surface area contributed by atoms with Gasteiger partial charge in [-0.05, 0) is 56.7 Å². The smallest absolute Gasteiger partial charge is 0.354 e. The van der Waals surface area contributed by atoms with E-state index >= 15 is 0 Å². The van der Waals surface area contributed by atoms with E-state index in [0.717, 1.165) is 56.5 Å². The van der Waals surface area contributed by atoms with Gasteiger partial charge in [-0.15, -0.1) is 10.2 Å². The van der Waals surface area contributed by atoms with Crippen LogP contribution < -0.4 is 0 Å². The number of halogens is 1. The Hall–Kier alpha value is -3.79. The third-order valence-corrected chi connectivity index (χ3v) is 7.35. The van der Waals surface area contributed by atoms with Crippen molar-refractivity contribution in [1.29, 1.82) is 0 Å². The minimum absolute atomic E-state index is 0.230. The van der Waals surface area contributed by atoms with Gasteiger partial charge in [0.25, 0.3) is 0 Å². The fourth-order valence-corrected chi connectivity index (χ4v) is 5.56. The minimum atomic E-state index is -0.947. The maximum Gasteiger partial charge on any atom is 0.354 e. The zero-order chi connectivity index (χ0) is 24.1. The topological polar surface area (TPSA) is 123 Å². The van der Waals surface area contributed by atoms with Crippen molar-refractivity contribution in [3.05, 3.63) is 70.1 Å². The SMILES string of the molecule is CCc1nc(C2CC2)c(C(=O)O)n1Cc1c2ccocc-2c(Br)c1-c1ccccc1-c1nn[nH]n1. The number of aromatic nitrogens is 6. The van der Waals surface area contributed by atoms with Gasteiger partial charge < -0.3 is 14.1 Å². The number of carboxylic acids is 1. The Balaban J connectivity index is 1.60. The first-order valence-electron chi connectivity index (χ1n) is 11.4. The van der Waals surface area contributed by atoms with Crippen LogP contribution in [0.5, 0.6) is 0 Å². The number of benzene rings is 1. The molecule has 10 heteroatoms. The molecule has 0 atom stereocenters. The van der Waals surface area contributed by atoms with Gasteiger partial charge in [0.1, 0.15) is 5.82 Å². The lowest BCUT2D eigenvalue weighted by molar-refractivity contribution is 0.0684. The van der Waals surface area contributed by atoms with Gasteiger partial charge in [0.15, 0.2) is 5.69 Å². The number of fused-ring (bicyclic) bond motifs is 1. The molecular formula is C25H21BrN6O3. The molecule has 0 amide bonds. The average molecular weight is 533 g/mol. The fraction of sp³-hybridized carbons (Fsp3) is 0.240. The molecule has 2 aliphatic carbocycles. The molecule has 2 N–H and O–H groups in total. The Labute approximate surface area is 208 Å². The number of imidazole rings is 1. The summed E-state index contributed by atoms with van der Waals surface area (Å²) in [6.07, 6.45) is 5.93. The quantitative estimate of drug-likeness (QED) is 0.288. The number of hydrogen-bond donors (Lipinski definition) is 2. The molecule has 3 aromatic rings. The van der Waals surface area contributed by atoms with Crippen molar-refractivity contribution in [3.8, 4) is 33.6 Å². The van der Waals surface area contributed by atoms with Crippen molar-refractivity contribution in [1.82, 2.24) is 30.2 Å². The van der Waals surface area contributed by atoms with Gasteiger partial charge in [0.2, 0.25) is 5.82 Å². The van der Waals surface area contributed by atoms with E-state index < -0.39 is 5.97 Å². The monoisotopic (exact) mass is 532 g/mol. The van der Waals surface area contributed by atoms with E-state index in [4.69, 9.17) is 9.40 Å². The summed E-state index contributed by atoms with van der Waals surface area (Å²) >= 11 is 3.81. The van der Waals surface area contributed by atoms with E-state index in [1.54, 1.807) is 12.5 Å². The number of hydrogen-bond acceptors (Lipinski definition) is 6. The normalized spacial score (nSPS) is 13.5. The first-order chi connectivity index (χ1) is 17.1. The third-order valence-electron chi connectivity index (χ3n) is 6.53. The Morgan fingerprint density at radius 3 is 2.69 bits per heavy atom. The molecule has 6 rings (SSSR count). The van der Waals surface area contributed by atoms with Gasteiger partial charge in [-0.25, -0.2) is 9.78 Å². The van der Waals surface area contributed by atoms with Crippen LogP contribution in [0.1, 0.15) is 53.3 Å². The van der Waals surface area contributed by atoms with E-state index in [1.807, 2.05) is 41.8 Å². The molecule has 1 aromatic carbocycles. The Kier molecular flexibility index (Phi) is 5.25. The van der Waals surface area contributed by atoms with E-state index in [1.165, 1.54) is 0 Å². The highest BCUT2D eigenvalue weighted by atomic mass is 79.9. The molecule has 3 heterocycles. The predicted octanol–water partition coefficient (Wildman–Crippen LogP) is 5.38. The van der Waals surface area contributed by atoms with E-state index in [9.17, 15) is 9.90 Å². The van der Waals surface area contributed by atoms with Crippen molar-refractivity contribution < 1.29 is 14.3 Å². The second kappa shape index (κ2) is 8.46. The number of carbonyl (C=O) groups is 1. The molecule has 1 aliphatic heterocycles. The van der Waals surface area contributed by atoms with Crippen LogP contribution in [0.2, 0.25) is 0 Å². The number of aromatic carboxylic acids is 1. The first-order valence-corrected chi connectivity index (χ1v) is 12.2. The number of H-pyrrole nitrogens is 1. The highest BCUT2D eigenvalue weighted by Gasteiger charge is 2.35. The van der Waals surface area contributed by atoms with Crippen LogP contribution in [0.3, 0.4) is 0 Å². The Morgan fingerprint density at radius 2 is 2.00 bits per heavy atom. The van der Waals surface area contributed by atoms with Gasteiger partial charge in [-0.1, -0.05) is 31.2 Å². The fourth-order valence-electron chi connectivity index (χ4n) is 4.80. The van der Waals surface area contributed by atoms with Gasteiger partial charge >= 0.3 is 5.97 Å². The largest absolute Gasteiger partial charge is 0.477 e. The zero-order valence-corrected chi connectivity index (χ0v) is 20.4. The lowest BCUT2D eigenvalue weighted by atomic mass is 9.97. The number of rotatable bonds is 7. The van der Waals surface area contributed by atoms with E-state index in [-0.39, 0.29) is 11.6 Å². The molecule has 0 spiro atoms. The lowest BCUT2D eigenvalue weighted by Gasteiger charge is -2.14. The summed E-state index contributed by atoms with van der Waals surface area (Å²) in [6, 6.07) is 9.76. The molecule has 1 fully saturated rings. The first kappa shape index (κ1) is 21.7. The van der Waals surface area contributed by atoms with Gasteiger partial charge in [-0.3, -0.25) is 0 Å². The standard InChI is InChI=1S/C25H21BrN6O3/c1-2-19-27-22(13-7-8-13)23(25(33)34)32(19)11-17-14-9-10-35-12-18(14)21(26)20(17)15-5-3-4-6-16(15)24-28-30-31-29-24/h3-6,9-10,12-13H,2,7-8,11H2,1H3,(H,33,34)(H,28,29,30,31). The van der Waals surface area contributed by atoms with Crippen LogP contribution >= 0.6 is 15.9 Å². The van der Waals surface area contributed by atoms with Gasteiger partial charge in [0.05, 0.1) is 24.8 Å².